The van der Waals surface area contributed by atoms with E-state index in [2.05, 4.69) is 29.0 Å². The van der Waals surface area contributed by atoms with Gasteiger partial charge in [-0.1, -0.05) is 18.2 Å². The quantitative estimate of drug-likeness (QED) is 0.750. The number of fused-ring (bicyclic) bond motifs is 1. The fourth-order valence-electron chi connectivity index (χ4n) is 2.21. The Labute approximate surface area is 117 Å². The Morgan fingerprint density at radius 1 is 1.26 bits per heavy atom. The monoisotopic (exact) mass is 278 g/mol. The average Bonchev–Trinajstić information content (AvgIpc) is 2.85. The number of rotatable bonds is 6. The van der Waals surface area contributed by atoms with Gasteiger partial charge < -0.3 is 4.74 Å². The van der Waals surface area contributed by atoms with E-state index >= 15 is 0 Å². The lowest BCUT2D eigenvalue weighted by Crippen LogP contribution is -2.08. The summed E-state index contributed by atoms with van der Waals surface area (Å²) < 4.78 is 4.53. The minimum atomic E-state index is -0.309. The lowest BCUT2D eigenvalue weighted by Gasteiger charge is -2.07. The van der Waals surface area contributed by atoms with Gasteiger partial charge in [-0.2, -0.15) is 0 Å². The molecule has 2 rings (SSSR count). The number of methoxy groups -OCH3 is 1. The number of benzene rings is 1. The predicted molar refractivity (Wildman–Crippen MR) is 75.3 cm³/mol. The topological polar surface area (TPSA) is 43.4 Å². The van der Waals surface area contributed by atoms with Crippen LogP contribution in [0.25, 0.3) is 0 Å². The number of esters is 1. The Bertz CT molecular complexity index is 445. The van der Waals surface area contributed by atoms with E-state index in [0.717, 1.165) is 12.8 Å². The van der Waals surface area contributed by atoms with Crippen LogP contribution in [0.15, 0.2) is 29.2 Å². The standard InChI is InChI=1S/C15H18O3S/c1-18-15(17)9-7-12(16)6-8-13-10-11-4-2-3-5-14(11)19-13/h2-5,13H,6-10H2,1H3. The molecule has 0 fully saturated rings. The van der Waals surface area contributed by atoms with Crippen LogP contribution >= 0.6 is 11.8 Å². The van der Waals surface area contributed by atoms with Gasteiger partial charge in [-0.25, -0.2) is 0 Å². The summed E-state index contributed by atoms with van der Waals surface area (Å²) in [6.07, 6.45) is 3.00. The van der Waals surface area contributed by atoms with E-state index in [1.165, 1.54) is 17.6 Å². The molecule has 1 aromatic rings. The molecule has 19 heavy (non-hydrogen) atoms. The highest BCUT2D eigenvalue weighted by Gasteiger charge is 2.22. The zero-order chi connectivity index (χ0) is 13.7. The predicted octanol–water partition coefficient (Wildman–Crippen LogP) is 3.01. The first kappa shape index (κ1) is 14.1. The number of carbonyl (C=O) groups excluding carboxylic acids is 2. The van der Waals surface area contributed by atoms with Crippen molar-refractivity contribution in [2.24, 2.45) is 0 Å². The Morgan fingerprint density at radius 2 is 2.05 bits per heavy atom. The van der Waals surface area contributed by atoms with Crippen LogP contribution in [-0.4, -0.2) is 24.1 Å². The fraction of sp³-hybridized carbons (Fsp3) is 0.467. The molecule has 0 spiro atoms. The molecule has 0 N–H and O–H groups in total. The van der Waals surface area contributed by atoms with Crippen molar-refractivity contribution in [2.45, 2.75) is 42.2 Å². The maximum Gasteiger partial charge on any atom is 0.305 e. The molecule has 1 aromatic carbocycles. The Morgan fingerprint density at radius 3 is 2.79 bits per heavy atom. The first-order valence-corrected chi connectivity index (χ1v) is 7.40. The van der Waals surface area contributed by atoms with Crippen LogP contribution < -0.4 is 0 Å². The number of thioether (sulfide) groups is 1. The molecule has 1 aliphatic heterocycles. The molecule has 1 aliphatic rings. The van der Waals surface area contributed by atoms with E-state index in [0.29, 0.717) is 18.1 Å². The summed E-state index contributed by atoms with van der Waals surface area (Å²) in [4.78, 5) is 24.0. The van der Waals surface area contributed by atoms with Crippen LogP contribution in [0.2, 0.25) is 0 Å². The minimum absolute atomic E-state index is 0.155. The van der Waals surface area contributed by atoms with Crippen molar-refractivity contribution < 1.29 is 14.3 Å². The van der Waals surface area contributed by atoms with Gasteiger partial charge in [0.15, 0.2) is 0 Å². The Hall–Kier alpha value is -1.29. The zero-order valence-corrected chi connectivity index (χ0v) is 11.9. The highest BCUT2D eigenvalue weighted by atomic mass is 32.2. The molecule has 0 aromatic heterocycles. The third kappa shape index (κ3) is 4.10. The Balaban J connectivity index is 1.70. The molecular weight excluding hydrogens is 260 g/mol. The smallest absolute Gasteiger partial charge is 0.305 e. The first-order chi connectivity index (χ1) is 9.19. The number of hydrogen-bond donors (Lipinski definition) is 0. The summed E-state index contributed by atoms with van der Waals surface area (Å²) >= 11 is 1.86. The molecule has 0 saturated heterocycles. The van der Waals surface area contributed by atoms with Crippen LogP contribution in [0.3, 0.4) is 0 Å². The summed E-state index contributed by atoms with van der Waals surface area (Å²) in [5.74, 6) is -0.155. The van der Waals surface area contributed by atoms with Crippen LogP contribution in [-0.2, 0) is 20.7 Å². The van der Waals surface area contributed by atoms with Gasteiger partial charge in [0.25, 0.3) is 0 Å². The van der Waals surface area contributed by atoms with Gasteiger partial charge in [0.05, 0.1) is 13.5 Å². The van der Waals surface area contributed by atoms with E-state index in [1.807, 2.05) is 11.8 Å². The summed E-state index contributed by atoms with van der Waals surface area (Å²) in [6.45, 7) is 0. The van der Waals surface area contributed by atoms with E-state index in [4.69, 9.17) is 0 Å². The largest absolute Gasteiger partial charge is 0.469 e. The van der Waals surface area contributed by atoms with Crippen molar-refractivity contribution in [1.82, 2.24) is 0 Å². The van der Waals surface area contributed by atoms with Gasteiger partial charge in [-0.15, -0.1) is 11.8 Å². The molecule has 0 aliphatic carbocycles. The Kier molecular flexibility index (Phi) is 5.02. The SMILES string of the molecule is COC(=O)CCC(=O)CCC1Cc2ccccc2S1. The number of ether oxygens (including phenoxy) is 1. The third-order valence-electron chi connectivity index (χ3n) is 3.29. The van der Waals surface area contributed by atoms with Gasteiger partial charge in [-0.3, -0.25) is 9.59 Å². The lowest BCUT2D eigenvalue weighted by molar-refractivity contribution is -0.141. The maximum absolute atomic E-state index is 11.7. The van der Waals surface area contributed by atoms with Crippen LogP contribution in [0.1, 0.15) is 31.2 Å². The maximum atomic E-state index is 11.7. The summed E-state index contributed by atoms with van der Waals surface area (Å²) in [7, 11) is 1.35. The van der Waals surface area contributed by atoms with Gasteiger partial charge >= 0.3 is 5.97 Å². The molecule has 1 heterocycles. The number of ketones is 1. The molecule has 3 nitrogen and oxygen atoms in total. The van der Waals surface area contributed by atoms with Crippen molar-refractivity contribution in [3.05, 3.63) is 29.8 Å². The van der Waals surface area contributed by atoms with Crippen LogP contribution in [0.5, 0.6) is 0 Å². The zero-order valence-electron chi connectivity index (χ0n) is 11.1. The molecular formula is C15H18O3S. The number of carbonyl (C=O) groups is 2. The van der Waals surface area contributed by atoms with Crippen molar-refractivity contribution >= 4 is 23.5 Å². The molecule has 1 unspecified atom stereocenters. The van der Waals surface area contributed by atoms with Crippen molar-refractivity contribution in [3.8, 4) is 0 Å². The first-order valence-electron chi connectivity index (χ1n) is 6.52. The molecule has 102 valence electrons. The van der Waals surface area contributed by atoms with Crippen LogP contribution in [0, 0.1) is 0 Å². The van der Waals surface area contributed by atoms with Crippen molar-refractivity contribution in [1.29, 1.82) is 0 Å². The number of Topliss-reactive ketones (excluding diaryl/α,β-unsaturated/α-hetero) is 1. The van der Waals surface area contributed by atoms with Gasteiger partial charge in [-0.05, 0) is 24.5 Å². The minimum Gasteiger partial charge on any atom is -0.469 e. The average molecular weight is 278 g/mol. The van der Waals surface area contributed by atoms with Gasteiger partial charge in [0, 0.05) is 23.0 Å². The summed E-state index contributed by atoms with van der Waals surface area (Å²) in [5, 5.41) is 0.500. The molecule has 0 saturated carbocycles. The fourth-order valence-corrected chi connectivity index (χ4v) is 3.52. The second-order valence-electron chi connectivity index (χ2n) is 4.71. The van der Waals surface area contributed by atoms with E-state index in [1.54, 1.807) is 0 Å². The summed E-state index contributed by atoms with van der Waals surface area (Å²) in [5.41, 5.74) is 1.39. The normalized spacial score (nSPS) is 17.0. The van der Waals surface area contributed by atoms with E-state index in [9.17, 15) is 9.59 Å². The second-order valence-corrected chi connectivity index (χ2v) is 6.05. The summed E-state index contributed by atoms with van der Waals surface area (Å²) in [6, 6.07) is 8.40. The third-order valence-corrected chi connectivity index (χ3v) is 4.68. The van der Waals surface area contributed by atoms with E-state index in [-0.39, 0.29) is 18.2 Å². The molecule has 0 amide bonds. The molecule has 0 radical (unpaired) electrons. The molecule has 0 bridgehead atoms. The number of hydrogen-bond acceptors (Lipinski definition) is 4. The highest BCUT2D eigenvalue weighted by Crippen LogP contribution is 2.38. The van der Waals surface area contributed by atoms with Crippen molar-refractivity contribution in [3.63, 3.8) is 0 Å². The van der Waals surface area contributed by atoms with Gasteiger partial charge in [0.2, 0.25) is 0 Å². The molecule has 4 heteroatoms. The highest BCUT2D eigenvalue weighted by molar-refractivity contribution is 8.00. The van der Waals surface area contributed by atoms with E-state index < -0.39 is 0 Å². The van der Waals surface area contributed by atoms with Crippen molar-refractivity contribution in [2.75, 3.05) is 7.11 Å². The molecule has 1 atom stereocenters. The van der Waals surface area contributed by atoms with Crippen LogP contribution in [0.4, 0.5) is 0 Å². The van der Waals surface area contributed by atoms with Gasteiger partial charge in [0.1, 0.15) is 5.78 Å². The second kappa shape index (κ2) is 6.75. The lowest BCUT2D eigenvalue weighted by atomic mass is 10.0.